The fraction of sp³-hybridized carbons (Fsp3) is 0.316. The normalized spacial score (nSPS) is 17.2. The van der Waals surface area contributed by atoms with E-state index in [2.05, 4.69) is 26.1 Å². The first-order valence-electron chi connectivity index (χ1n) is 8.28. The molecule has 3 rings (SSSR count). The molecule has 1 atom stereocenters. The molecule has 1 saturated heterocycles. The number of halogens is 2. The summed E-state index contributed by atoms with van der Waals surface area (Å²) in [7, 11) is 0. The molecule has 6 heteroatoms. The Hall–Kier alpha value is -2.08. The van der Waals surface area contributed by atoms with Crippen LogP contribution in [0, 0.1) is 5.82 Å². The van der Waals surface area contributed by atoms with Crippen molar-refractivity contribution in [3.05, 3.63) is 58.8 Å². The third kappa shape index (κ3) is 5.19. The molecular weight excluding hydrogens is 387 g/mol. The van der Waals surface area contributed by atoms with Crippen molar-refractivity contribution < 1.29 is 13.9 Å². The SMILES string of the molecule is O=C(COc1ccc(Br)cc1)N[C@@H]1CCCN(c2cccc(F)c2)C1. The molecule has 0 unspecified atom stereocenters. The lowest BCUT2D eigenvalue weighted by Crippen LogP contribution is -2.49. The first-order chi connectivity index (χ1) is 12.1. The third-order valence-corrected chi connectivity index (χ3v) is 4.67. The molecule has 0 spiro atoms. The van der Waals surface area contributed by atoms with Crippen LogP contribution >= 0.6 is 15.9 Å². The second kappa shape index (κ2) is 8.34. The van der Waals surface area contributed by atoms with E-state index < -0.39 is 0 Å². The van der Waals surface area contributed by atoms with Gasteiger partial charge in [0.15, 0.2) is 6.61 Å². The number of nitrogens with zero attached hydrogens (tertiary/aromatic N) is 1. The second-order valence-electron chi connectivity index (χ2n) is 6.08. The molecule has 4 nitrogen and oxygen atoms in total. The van der Waals surface area contributed by atoms with E-state index in [1.807, 2.05) is 30.3 Å². The molecule has 1 aliphatic rings. The Balaban J connectivity index is 1.50. The van der Waals surface area contributed by atoms with Gasteiger partial charge in [-0.3, -0.25) is 4.79 Å². The van der Waals surface area contributed by atoms with E-state index in [-0.39, 0.29) is 24.4 Å². The van der Waals surface area contributed by atoms with E-state index in [1.165, 1.54) is 12.1 Å². The molecule has 0 radical (unpaired) electrons. The van der Waals surface area contributed by atoms with E-state index in [1.54, 1.807) is 6.07 Å². The number of hydrogen-bond donors (Lipinski definition) is 1. The van der Waals surface area contributed by atoms with Crippen LogP contribution in [0.2, 0.25) is 0 Å². The first kappa shape index (κ1) is 17.7. The Morgan fingerprint density at radius 3 is 2.84 bits per heavy atom. The van der Waals surface area contributed by atoms with E-state index in [4.69, 9.17) is 4.74 Å². The quantitative estimate of drug-likeness (QED) is 0.821. The second-order valence-corrected chi connectivity index (χ2v) is 6.99. The minimum absolute atomic E-state index is 0.0158. The highest BCUT2D eigenvalue weighted by atomic mass is 79.9. The van der Waals surface area contributed by atoms with E-state index in [0.717, 1.165) is 29.5 Å². The molecule has 0 aliphatic carbocycles. The monoisotopic (exact) mass is 406 g/mol. The summed E-state index contributed by atoms with van der Waals surface area (Å²) in [5.41, 5.74) is 0.852. The summed E-state index contributed by atoms with van der Waals surface area (Å²) < 4.78 is 19.9. The van der Waals surface area contributed by atoms with Gasteiger partial charge in [-0.15, -0.1) is 0 Å². The van der Waals surface area contributed by atoms with Crippen LogP contribution in [0.3, 0.4) is 0 Å². The fourth-order valence-electron chi connectivity index (χ4n) is 2.95. The van der Waals surface area contributed by atoms with Crippen molar-refractivity contribution in [3.8, 4) is 5.75 Å². The van der Waals surface area contributed by atoms with Crippen molar-refractivity contribution in [1.29, 1.82) is 0 Å². The number of carbonyl (C=O) groups excluding carboxylic acids is 1. The van der Waals surface area contributed by atoms with Crippen LogP contribution < -0.4 is 15.0 Å². The molecular formula is C19H20BrFN2O2. The summed E-state index contributed by atoms with van der Waals surface area (Å²) in [5, 5.41) is 3.01. The van der Waals surface area contributed by atoms with Crippen LogP contribution in [-0.4, -0.2) is 31.6 Å². The number of anilines is 1. The number of carbonyl (C=O) groups is 1. The molecule has 0 bridgehead atoms. The summed E-state index contributed by atoms with van der Waals surface area (Å²) >= 11 is 3.36. The van der Waals surface area contributed by atoms with Crippen molar-refractivity contribution in [3.63, 3.8) is 0 Å². The Labute approximate surface area is 155 Å². The maximum Gasteiger partial charge on any atom is 0.258 e. The Kier molecular flexibility index (Phi) is 5.91. The highest BCUT2D eigenvalue weighted by Crippen LogP contribution is 2.21. The molecule has 0 saturated carbocycles. The molecule has 0 aromatic heterocycles. The zero-order chi connectivity index (χ0) is 17.6. The predicted octanol–water partition coefficient (Wildman–Crippen LogP) is 3.75. The summed E-state index contributed by atoms with van der Waals surface area (Å²) in [6.45, 7) is 1.52. The standard InChI is InChI=1S/C19H20BrFN2O2/c20-14-6-8-18(9-7-14)25-13-19(24)22-16-4-2-10-23(12-16)17-5-1-3-15(21)11-17/h1,3,5-9,11,16H,2,4,10,12-13H2,(H,22,24)/t16-/m1/s1. The molecule has 1 fully saturated rings. The van der Waals surface area contributed by atoms with Crippen molar-refractivity contribution >= 4 is 27.5 Å². The molecule has 1 aliphatic heterocycles. The summed E-state index contributed by atoms with van der Waals surface area (Å²) in [6, 6.07) is 14.0. The lowest BCUT2D eigenvalue weighted by Gasteiger charge is -2.34. The van der Waals surface area contributed by atoms with Gasteiger partial charge >= 0.3 is 0 Å². The number of hydrogen-bond acceptors (Lipinski definition) is 3. The fourth-order valence-corrected chi connectivity index (χ4v) is 3.22. The number of nitrogens with one attached hydrogen (secondary N) is 1. The first-order valence-corrected chi connectivity index (χ1v) is 9.08. The Bertz CT molecular complexity index is 724. The maximum atomic E-state index is 13.4. The summed E-state index contributed by atoms with van der Waals surface area (Å²) in [5.74, 6) is 0.268. The topological polar surface area (TPSA) is 41.6 Å². The van der Waals surface area contributed by atoms with Gasteiger partial charge in [0.2, 0.25) is 0 Å². The average molecular weight is 407 g/mol. The van der Waals surface area contributed by atoms with E-state index in [9.17, 15) is 9.18 Å². The number of amides is 1. The lowest BCUT2D eigenvalue weighted by molar-refractivity contribution is -0.123. The Morgan fingerprint density at radius 1 is 1.28 bits per heavy atom. The average Bonchev–Trinajstić information content (AvgIpc) is 2.61. The van der Waals surface area contributed by atoms with Crippen LogP contribution in [0.15, 0.2) is 53.0 Å². The minimum Gasteiger partial charge on any atom is -0.484 e. The molecule has 2 aromatic carbocycles. The summed E-state index contributed by atoms with van der Waals surface area (Å²) in [6.07, 6.45) is 1.87. The van der Waals surface area contributed by atoms with Crippen molar-refractivity contribution in [2.75, 3.05) is 24.6 Å². The largest absolute Gasteiger partial charge is 0.484 e. The molecule has 2 aromatic rings. The maximum absolute atomic E-state index is 13.4. The zero-order valence-electron chi connectivity index (χ0n) is 13.8. The molecule has 25 heavy (non-hydrogen) atoms. The van der Waals surface area contributed by atoms with Crippen LogP contribution in [0.5, 0.6) is 5.75 Å². The number of rotatable bonds is 5. The van der Waals surface area contributed by atoms with Crippen LogP contribution in [0.1, 0.15) is 12.8 Å². The number of ether oxygens (including phenoxy) is 1. The highest BCUT2D eigenvalue weighted by Gasteiger charge is 2.22. The van der Waals surface area contributed by atoms with Gasteiger partial charge in [0.25, 0.3) is 5.91 Å². The number of benzene rings is 2. The van der Waals surface area contributed by atoms with Gasteiger partial charge in [0.05, 0.1) is 0 Å². The van der Waals surface area contributed by atoms with Crippen molar-refractivity contribution in [2.24, 2.45) is 0 Å². The van der Waals surface area contributed by atoms with Gasteiger partial charge < -0.3 is 15.0 Å². The van der Waals surface area contributed by atoms with Gasteiger partial charge in [-0.1, -0.05) is 22.0 Å². The van der Waals surface area contributed by atoms with E-state index in [0.29, 0.717) is 12.3 Å². The van der Waals surface area contributed by atoms with Crippen LogP contribution in [0.4, 0.5) is 10.1 Å². The molecule has 1 N–H and O–H groups in total. The van der Waals surface area contributed by atoms with Crippen LogP contribution in [0.25, 0.3) is 0 Å². The molecule has 1 amide bonds. The lowest BCUT2D eigenvalue weighted by atomic mass is 10.0. The molecule has 132 valence electrons. The highest BCUT2D eigenvalue weighted by molar-refractivity contribution is 9.10. The third-order valence-electron chi connectivity index (χ3n) is 4.14. The number of piperidine rings is 1. The van der Waals surface area contributed by atoms with Gasteiger partial charge in [-0.2, -0.15) is 0 Å². The summed E-state index contributed by atoms with van der Waals surface area (Å²) in [4.78, 5) is 14.2. The van der Waals surface area contributed by atoms with Crippen LogP contribution in [-0.2, 0) is 4.79 Å². The van der Waals surface area contributed by atoms with Crippen molar-refractivity contribution in [2.45, 2.75) is 18.9 Å². The van der Waals surface area contributed by atoms with Gasteiger partial charge in [0.1, 0.15) is 11.6 Å². The van der Waals surface area contributed by atoms with Gasteiger partial charge in [-0.25, -0.2) is 4.39 Å². The van der Waals surface area contributed by atoms with Gasteiger partial charge in [0, 0.05) is 29.3 Å². The van der Waals surface area contributed by atoms with Gasteiger partial charge in [-0.05, 0) is 55.3 Å². The van der Waals surface area contributed by atoms with Crippen molar-refractivity contribution in [1.82, 2.24) is 5.32 Å². The zero-order valence-corrected chi connectivity index (χ0v) is 15.3. The Morgan fingerprint density at radius 2 is 2.08 bits per heavy atom. The predicted molar refractivity (Wildman–Crippen MR) is 99.4 cm³/mol. The minimum atomic E-state index is -0.244. The smallest absolute Gasteiger partial charge is 0.258 e. The molecule has 1 heterocycles. The van der Waals surface area contributed by atoms with E-state index >= 15 is 0 Å².